The van der Waals surface area contributed by atoms with Crippen molar-refractivity contribution in [1.29, 1.82) is 0 Å². The molecule has 0 unspecified atom stereocenters. The van der Waals surface area contributed by atoms with Crippen molar-refractivity contribution in [3.8, 4) is 0 Å². The van der Waals surface area contributed by atoms with Crippen LogP contribution in [0.25, 0.3) is 10.9 Å². The van der Waals surface area contributed by atoms with Crippen LogP contribution in [0.2, 0.25) is 0 Å². The quantitative estimate of drug-likeness (QED) is 0.825. The van der Waals surface area contributed by atoms with E-state index in [0.29, 0.717) is 25.0 Å². The van der Waals surface area contributed by atoms with Crippen LogP contribution >= 0.6 is 0 Å². The zero-order valence-corrected chi connectivity index (χ0v) is 13.3. The maximum atomic E-state index is 12.1. The van der Waals surface area contributed by atoms with Gasteiger partial charge in [-0.2, -0.15) is 0 Å². The number of aryl methyl sites for hydroxylation is 2. The van der Waals surface area contributed by atoms with Crippen molar-refractivity contribution in [2.75, 3.05) is 20.8 Å². The highest BCUT2D eigenvalue weighted by molar-refractivity contribution is 6.01. The second-order valence-corrected chi connectivity index (χ2v) is 5.43. The molecule has 0 radical (unpaired) electrons. The molecule has 2 aromatic rings. The third-order valence-corrected chi connectivity index (χ3v) is 3.70. The molecule has 0 aliphatic carbocycles. The fraction of sp³-hybridized carbons (Fsp3) is 0.412. The number of carbonyl (C=O) groups excluding carboxylic acids is 2. The number of H-pyrrole nitrogens is 1. The average Bonchev–Trinajstić information content (AvgIpc) is 2.85. The predicted octanol–water partition coefficient (Wildman–Crippen LogP) is 2.37. The summed E-state index contributed by atoms with van der Waals surface area (Å²) in [4.78, 5) is 26.8. The maximum Gasteiger partial charge on any atom is 0.267 e. The molecular weight excluding hydrogens is 280 g/mol. The molecule has 2 rings (SSSR count). The molecule has 0 fully saturated rings. The molecule has 118 valence electrons. The molecule has 0 aliphatic heterocycles. The second kappa shape index (κ2) is 7.22. The Hall–Kier alpha value is -2.14. The van der Waals surface area contributed by atoms with E-state index < -0.39 is 0 Å². The number of hydrogen-bond donors (Lipinski definition) is 2. The number of carbonyl (C=O) groups is 2. The van der Waals surface area contributed by atoms with Crippen molar-refractivity contribution in [2.24, 2.45) is 0 Å². The van der Waals surface area contributed by atoms with Crippen molar-refractivity contribution < 1.29 is 14.3 Å². The molecule has 0 bridgehead atoms. The van der Waals surface area contributed by atoms with E-state index in [0.717, 1.165) is 22.0 Å². The SMILES string of the molecule is CNC(=O)c1[nH]c2ccc(C)cc2c1CCCC(=O)COC. The summed E-state index contributed by atoms with van der Waals surface area (Å²) in [5, 5.41) is 3.71. The summed E-state index contributed by atoms with van der Waals surface area (Å²) in [5.41, 5.74) is 3.65. The van der Waals surface area contributed by atoms with Crippen LogP contribution in [-0.4, -0.2) is 37.4 Å². The van der Waals surface area contributed by atoms with Crippen LogP contribution in [0.1, 0.15) is 34.5 Å². The van der Waals surface area contributed by atoms with Gasteiger partial charge in [0.2, 0.25) is 0 Å². The lowest BCUT2D eigenvalue weighted by atomic mass is 10.0. The summed E-state index contributed by atoms with van der Waals surface area (Å²) in [5.74, 6) is -0.0490. The molecular formula is C17H22N2O3. The van der Waals surface area contributed by atoms with E-state index in [1.807, 2.05) is 19.1 Å². The zero-order chi connectivity index (χ0) is 16.1. The van der Waals surface area contributed by atoms with Gasteiger partial charge in [-0.3, -0.25) is 9.59 Å². The monoisotopic (exact) mass is 302 g/mol. The molecule has 5 nitrogen and oxygen atoms in total. The molecule has 2 N–H and O–H groups in total. The summed E-state index contributed by atoms with van der Waals surface area (Å²) in [6.45, 7) is 2.17. The smallest absolute Gasteiger partial charge is 0.267 e. The summed E-state index contributed by atoms with van der Waals surface area (Å²) in [6.07, 6.45) is 1.84. The first-order chi connectivity index (χ1) is 10.6. The fourth-order valence-electron chi connectivity index (χ4n) is 2.64. The van der Waals surface area contributed by atoms with E-state index in [-0.39, 0.29) is 18.3 Å². The normalized spacial score (nSPS) is 10.9. The van der Waals surface area contributed by atoms with Gasteiger partial charge in [-0.25, -0.2) is 0 Å². The van der Waals surface area contributed by atoms with Crippen molar-refractivity contribution in [1.82, 2.24) is 10.3 Å². The second-order valence-electron chi connectivity index (χ2n) is 5.43. The first-order valence-corrected chi connectivity index (χ1v) is 7.40. The Morgan fingerprint density at radius 1 is 1.32 bits per heavy atom. The van der Waals surface area contributed by atoms with Crippen LogP contribution in [0.5, 0.6) is 0 Å². The number of Topliss-reactive ketones (excluding diaryl/α,β-unsaturated/α-hetero) is 1. The van der Waals surface area contributed by atoms with E-state index >= 15 is 0 Å². The van der Waals surface area contributed by atoms with Crippen LogP contribution in [-0.2, 0) is 16.0 Å². The lowest BCUT2D eigenvalue weighted by molar-refractivity contribution is -0.122. The van der Waals surface area contributed by atoms with Gasteiger partial charge in [0.25, 0.3) is 5.91 Å². The number of ketones is 1. The van der Waals surface area contributed by atoms with Gasteiger partial charge in [0.1, 0.15) is 12.3 Å². The van der Waals surface area contributed by atoms with Crippen molar-refractivity contribution >= 4 is 22.6 Å². The molecule has 0 spiro atoms. The van der Waals surface area contributed by atoms with Gasteiger partial charge in [-0.15, -0.1) is 0 Å². The maximum absolute atomic E-state index is 12.1. The standard InChI is InChI=1S/C17H22N2O3/c1-11-7-8-15-14(9-11)13(16(19-15)17(21)18-2)6-4-5-12(20)10-22-3/h7-9,19H,4-6,10H2,1-3H3,(H,18,21). The van der Waals surface area contributed by atoms with Gasteiger partial charge in [-0.05, 0) is 37.5 Å². The molecule has 1 aromatic carbocycles. The van der Waals surface area contributed by atoms with E-state index in [2.05, 4.69) is 16.4 Å². The molecule has 0 saturated carbocycles. The molecule has 1 amide bonds. The topological polar surface area (TPSA) is 71.2 Å². The molecule has 5 heteroatoms. The van der Waals surface area contributed by atoms with Crippen LogP contribution in [0.4, 0.5) is 0 Å². The van der Waals surface area contributed by atoms with Crippen LogP contribution in [0.15, 0.2) is 18.2 Å². The Morgan fingerprint density at radius 3 is 2.77 bits per heavy atom. The summed E-state index contributed by atoms with van der Waals surface area (Å²) in [7, 11) is 3.13. The Bertz CT molecular complexity index is 689. The minimum atomic E-state index is -0.132. The Kier molecular flexibility index (Phi) is 5.33. The molecule has 1 aromatic heterocycles. The van der Waals surface area contributed by atoms with Crippen LogP contribution < -0.4 is 5.32 Å². The summed E-state index contributed by atoms with van der Waals surface area (Å²) >= 11 is 0. The Labute approximate surface area is 130 Å². The highest BCUT2D eigenvalue weighted by atomic mass is 16.5. The van der Waals surface area contributed by atoms with Gasteiger partial charge in [-0.1, -0.05) is 11.6 Å². The van der Waals surface area contributed by atoms with Crippen molar-refractivity contribution in [3.05, 3.63) is 35.0 Å². The van der Waals surface area contributed by atoms with Gasteiger partial charge < -0.3 is 15.0 Å². The van der Waals surface area contributed by atoms with Gasteiger partial charge in [0.15, 0.2) is 5.78 Å². The number of methoxy groups -OCH3 is 1. The number of rotatable bonds is 7. The van der Waals surface area contributed by atoms with E-state index in [4.69, 9.17) is 4.74 Å². The molecule has 1 heterocycles. The number of ether oxygens (including phenoxy) is 1. The highest BCUT2D eigenvalue weighted by Crippen LogP contribution is 2.25. The number of hydrogen-bond acceptors (Lipinski definition) is 3. The molecule has 22 heavy (non-hydrogen) atoms. The highest BCUT2D eigenvalue weighted by Gasteiger charge is 2.17. The lowest BCUT2D eigenvalue weighted by Gasteiger charge is -2.04. The minimum Gasteiger partial charge on any atom is -0.377 e. The number of benzene rings is 1. The fourth-order valence-corrected chi connectivity index (χ4v) is 2.64. The third kappa shape index (κ3) is 3.54. The Balaban J connectivity index is 2.26. The van der Waals surface area contributed by atoms with E-state index in [9.17, 15) is 9.59 Å². The average molecular weight is 302 g/mol. The zero-order valence-electron chi connectivity index (χ0n) is 13.3. The van der Waals surface area contributed by atoms with Gasteiger partial charge >= 0.3 is 0 Å². The number of amides is 1. The van der Waals surface area contributed by atoms with Crippen molar-refractivity contribution in [3.63, 3.8) is 0 Å². The summed E-state index contributed by atoms with van der Waals surface area (Å²) in [6, 6.07) is 6.07. The Morgan fingerprint density at radius 2 is 2.09 bits per heavy atom. The predicted molar refractivity (Wildman–Crippen MR) is 86.2 cm³/mol. The van der Waals surface area contributed by atoms with E-state index in [1.165, 1.54) is 7.11 Å². The van der Waals surface area contributed by atoms with E-state index in [1.54, 1.807) is 7.05 Å². The number of nitrogens with one attached hydrogen (secondary N) is 2. The number of aromatic nitrogens is 1. The summed E-state index contributed by atoms with van der Waals surface area (Å²) < 4.78 is 4.84. The molecule has 0 saturated heterocycles. The first kappa shape index (κ1) is 16.2. The molecule has 0 aliphatic rings. The third-order valence-electron chi connectivity index (χ3n) is 3.70. The van der Waals surface area contributed by atoms with Crippen LogP contribution in [0, 0.1) is 6.92 Å². The van der Waals surface area contributed by atoms with Crippen LogP contribution in [0.3, 0.4) is 0 Å². The first-order valence-electron chi connectivity index (χ1n) is 7.40. The largest absolute Gasteiger partial charge is 0.377 e. The molecule has 0 atom stereocenters. The van der Waals surface area contributed by atoms with Crippen molar-refractivity contribution in [2.45, 2.75) is 26.2 Å². The number of fused-ring (bicyclic) bond motifs is 1. The number of aromatic amines is 1. The van der Waals surface area contributed by atoms with Gasteiger partial charge in [0.05, 0.1) is 0 Å². The van der Waals surface area contributed by atoms with Gasteiger partial charge in [0, 0.05) is 31.5 Å². The lowest BCUT2D eigenvalue weighted by Crippen LogP contribution is -2.19. The minimum absolute atomic E-state index is 0.0833.